The minimum absolute atomic E-state index is 0.0575. The van der Waals surface area contributed by atoms with Crippen LogP contribution in [0.15, 0.2) is 12.2 Å². The Morgan fingerprint density at radius 1 is 0.938 bits per heavy atom. The van der Waals surface area contributed by atoms with E-state index in [-0.39, 0.29) is 27.8 Å². The molecule has 0 amide bonds. The number of aliphatic hydroxyl groups is 1. The third kappa shape index (κ3) is 2.60. The van der Waals surface area contributed by atoms with Crippen molar-refractivity contribution in [2.45, 2.75) is 112 Å². The van der Waals surface area contributed by atoms with Crippen LogP contribution in [-0.4, -0.2) is 17.0 Å². The van der Waals surface area contributed by atoms with E-state index in [9.17, 15) is 9.90 Å². The molecule has 0 aliphatic heterocycles. The quantitative estimate of drug-likeness (QED) is 0.438. The molecule has 5 aliphatic carbocycles. The fourth-order valence-electron chi connectivity index (χ4n) is 11.4. The monoisotopic (exact) mass is 440 g/mol. The lowest BCUT2D eigenvalue weighted by Crippen LogP contribution is -2.69. The summed E-state index contributed by atoms with van der Waals surface area (Å²) < 4.78 is 0. The van der Waals surface area contributed by atoms with Crippen molar-refractivity contribution in [2.75, 3.05) is 0 Å². The topological polar surface area (TPSA) is 37.3 Å². The lowest BCUT2D eigenvalue weighted by atomic mass is 9.32. The number of fused-ring (bicyclic) bond motifs is 7. The SMILES string of the molecule is C=C(C)[C@@H]1CC[C@]2(C)CC[C@]3(C)[C@@H](C[C@@H](O)[C@@H]4[C@@]5(C)CCC(=O)C(C)(C)[C@@H]5CC[C@]43C)[C@@H]12. The van der Waals surface area contributed by atoms with Gasteiger partial charge in [0.05, 0.1) is 6.10 Å². The first kappa shape index (κ1) is 23.1. The fourth-order valence-corrected chi connectivity index (χ4v) is 11.4. The number of allylic oxidation sites excluding steroid dienone is 1. The summed E-state index contributed by atoms with van der Waals surface area (Å²) in [6.07, 6.45) is 9.92. The van der Waals surface area contributed by atoms with Gasteiger partial charge >= 0.3 is 0 Å². The van der Waals surface area contributed by atoms with E-state index in [0.29, 0.717) is 47.2 Å². The second-order valence-electron chi connectivity index (χ2n) is 14.6. The lowest BCUT2D eigenvalue weighted by Gasteiger charge is -2.73. The van der Waals surface area contributed by atoms with E-state index in [1.807, 2.05) is 0 Å². The molecular formula is C30H48O2. The first-order valence-corrected chi connectivity index (χ1v) is 13.6. The Kier molecular flexibility index (Phi) is 4.87. The van der Waals surface area contributed by atoms with E-state index >= 15 is 0 Å². The van der Waals surface area contributed by atoms with E-state index < -0.39 is 0 Å². The molecule has 2 nitrogen and oxygen atoms in total. The maximum absolute atomic E-state index is 12.9. The Hall–Kier alpha value is -0.630. The average Bonchev–Trinajstić information content (AvgIpc) is 3.05. The van der Waals surface area contributed by atoms with Crippen molar-refractivity contribution in [3.05, 3.63) is 12.2 Å². The van der Waals surface area contributed by atoms with Crippen molar-refractivity contribution in [3.63, 3.8) is 0 Å². The summed E-state index contributed by atoms with van der Waals surface area (Å²) in [6, 6.07) is 0. The standard InChI is InChI=1S/C30H48O2/c1-18(2)19-9-12-27(5)15-16-29(7)20(24(19)27)17-21(31)25-28(6)13-11-23(32)26(3,4)22(28)10-14-30(25,29)8/h19-22,24-25,31H,1,9-17H2,2-8H3/t19-,20-,21+,22-,24+,25+,27+,28-,29+,30+/m0/s1. The zero-order valence-corrected chi connectivity index (χ0v) is 21.9. The van der Waals surface area contributed by atoms with E-state index in [4.69, 9.17) is 0 Å². The molecule has 0 unspecified atom stereocenters. The molecule has 2 heteroatoms. The molecule has 0 aromatic carbocycles. The molecule has 180 valence electrons. The summed E-state index contributed by atoms with van der Waals surface area (Å²) in [5.74, 6) is 3.02. The van der Waals surface area contributed by atoms with Crippen LogP contribution in [-0.2, 0) is 4.79 Å². The van der Waals surface area contributed by atoms with Gasteiger partial charge in [-0.3, -0.25) is 4.79 Å². The molecule has 0 spiro atoms. The molecule has 0 bridgehead atoms. The highest BCUT2D eigenvalue weighted by Crippen LogP contribution is 2.77. The van der Waals surface area contributed by atoms with Crippen LogP contribution in [0.25, 0.3) is 0 Å². The Balaban J connectivity index is 1.59. The van der Waals surface area contributed by atoms with Gasteiger partial charge in [-0.15, -0.1) is 0 Å². The summed E-state index contributed by atoms with van der Waals surface area (Å²) in [4.78, 5) is 12.9. The summed E-state index contributed by atoms with van der Waals surface area (Å²) in [6.45, 7) is 21.3. The van der Waals surface area contributed by atoms with E-state index in [2.05, 4.69) is 55.0 Å². The Morgan fingerprint density at radius 2 is 1.62 bits per heavy atom. The first-order chi connectivity index (χ1) is 14.7. The zero-order valence-electron chi connectivity index (χ0n) is 21.9. The average molecular weight is 441 g/mol. The maximum atomic E-state index is 12.9. The number of Topliss-reactive ketones (excluding diaryl/α,β-unsaturated/α-hetero) is 1. The van der Waals surface area contributed by atoms with Crippen LogP contribution >= 0.6 is 0 Å². The fraction of sp³-hybridized carbons (Fsp3) is 0.900. The van der Waals surface area contributed by atoms with Gasteiger partial charge in [-0.2, -0.15) is 0 Å². The van der Waals surface area contributed by atoms with Gasteiger partial charge in [0.25, 0.3) is 0 Å². The van der Waals surface area contributed by atoms with Gasteiger partial charge in [-0.25, -0.2) is 0 Å². The van der Waals surface area contributed by atoms with Gasteiger partial charge in [0, 0.05) is 11.8 Å². The molecule has 0 aromatic rings. The highest BCUT2D eigenvalue weighted by Gasteiger charge is 2.72. The molecule has 5 fully saturated rings. The van der Waals surface area contributed by atoms with Gasteiger partial charge in [0.15, 0.2) is 0 Å². The minimum atomic E-state index is -0.257. The predicted octanol–water partition coefficient (Wildman–Crippen LogP) is 7.20. The van der Waals surface area contributed by atoms with Gasteiger partial charge < -0.3 is 5.11 Å². The van der Waals surface area contributed by atoms with Gasteiger partial charge in [0.2, 0.25) is 0 Å². The Bertz CT molecular complexity index is 842. The Labute approximate surface area is 197 Å². The highest BCUT2D eigenvalue weighted by molar-refractivity contribution is 5.85. The van der Waals surface area contributed by atoms with Crippen LogP contribution in [0.2, 0.25) is 0 Å². The van der Waals surface area contributed by atoms with Crippen molar-refractivity contribution >= 4 is 5.78 Å². The first-order valence-electron chi connectivity index (χ1n) is 13.6. The van der Waals surface area contributed by atoms with Crippen molar-refractivity contribution in [2.24, 2.45) is 56.7 Å². The number of ketones is 1. The molecule has 5 saturated carbocycles. The second kappa shape index (κ2) is 6.73. The molecule has 0 saturated heterocycles. The van der Waals surface area contributed by atoms with Crippen molar-refractivity contribution in [1.29, 1.82) is 0 Å². The third-order valence-electron chi connectivity index (χ3n) is 13.2. The number of hydrogen-bond acceptors (Lipinski definition) is 2. The Morgan fingerprint density at radius 3 is 2.28 bits per heavy atom. The number of carbonyl (C=O) groups excluding carboxylic acids is 1. The summed E-state index contributed by atoms with van der Waals surface area (Å²) >= 11 is 0. The normalized spacial score (nSPS) is 56.6. The highest BCUT2D eigenvalue weighted by atomic mass is 16.3. The maximum Gasteiger partial charge on any atom is 0.138 e. The van der Waals surface area contributed by atoms with Gasteiger partial charge in [-0.1, -0.05) is 53.7 Å². The van der Waals surface area contributed by atoms with Gasteiger partial charge in [0.1, 0.15) is 5.78 Å². The number of aliphatic hydroxyl groups excluding tert-OH is 1. The van der Waals surface area contributed by atoms with Crippen LogP contribution in [0.1, 0.15) is 106 Å². The largest absolute Gasteiger partial charge is 0.393 e. The second-order valence-corrected chi connectivity index (χ2v) is 14.6. The van der Waals surface area contributed by atoms with E-state index in [1.54, 1.807) is 0 Å². The zero-order chi connectivity index (χ0) is 23.5. The lowest BCUT2D eigenvalue weighted by molar-refractivity contribution is -0.264. The van der Waals surface area contributed by atoms with E-state index in [0.717, 1.165) is 19.3 Å². The van der Waals surface area contributed by atoms with Crippen molar-refractivity contribution < 1.29 is 9.90 Å². The van der Waals surface area contributed by atoms with Crippen molar-refractivity contribution in [1.82, 2.24) is 0 Å². The molecule has 5 aliphatic rings. The van der Waals surface area contributed by atoms with E-state index in [1.165, 1.54) is 37.7 Å². The molecule has 10 atom stereocenters. The molecule has 0 radical (unpaired) electrons. The predicted molar refractivity (Wildman–Crippen MR) is 131 cm³/mol. The number of carbonyl (C=O) groups is 1. The summed E-state index contributed by atoms with van der Waals surface area (Å²) in [5.41, 5.74) is 1.99. The molecule has 5 rings (SSSR count). The molecule has 0 heterocycles. The smallest absolute Gasteiger partial charge is 0.138 e. The molecular weight excluding hydrogens is 392 g/mol. The van der Waals surface area contributed by atoms with Crippen LogP contribution in [0.3, 0.4) is 0 Å². The minimum Gasteiger partial charge on any atom is -0.393 e. The van der Waals surface area contributed by atoms with Crippen LogP contribution in [0.4, 0.5) is 0 Å². The van der Waals surface area contributed by atoms with Crippen molar-refractivity contribution in [3.8, 4) is 0 Å². The number of hydrogen-bond donors (Lipinski definition) is 1. The van der Waals surface area contributed by atoms with Crippen LogP contribution in [0.5, 0.6) is 0 Å². The summed E-state index contributed by atoms with van der Waals surface area (Å²) in [7, 11) is 0. The molecule has 1 N–H and O–H groups in total. The van der Waals surface area contributed by atoms with Gasteiger partial charge in [-0.05, 0) is 110 Å². The number of rotatable bonds is 1. The third-order valence-corrected chi connectivity index (χ3v) is 13.2. The molecule has 32 heavy (non-hydrogen) atoms. The summed E-state index contributed by atoms with van der Waals surface area (Å²) in [5, 5.41) is 12.0. The molecule has 0 aromatic heterocycles. The van der Waals surface area contributed by atoms with Crippen LogP contribution < -0.4 is 0 Å². The van der Waals surface area contributed by atoms with Crippen LogP contribution in [0, 0.1) is 56.7 Å².